The number of nitrogens with zero attached hydrogens (tertiary/aromatic N) is 1. The summed E-state index contributed by atoms with van der Waals surface area (Å²) in [4.78, 5) is 14.5. The van der Waals surface area contributed by atoms with Crippen molar-refractivity contribution in [3.8, 4) is 0 Å². The molecular formula is C9H10BrNO. The van der Waals surface area contributed by atoms with Crippen LogP contribution in [0.3, 0.4) is 0 Å². The van der Waals surface area contributed by atoms with Crippen molar-refractivity contribution in [1.82, 2.24) is 4.98 Å². The second kappa shape index (κ2) is 3.81. The van der Waals surface area contributed by atoms with Crippen LogP contribution < -0.4 is 0 Å². The average Bonchev–Trinajstić information content (AvgIpc) is 2.03. The molecule has 0 aliphatic heterocycles. The maximum Gasteiger partial charge on any atom is 0.151 e. The fraction of sp³-hybridized carbons (Fsp3) is 0.333. The van der Waals surface area contributed by atoms with Crippen LogP contribution >= 0.6 is 15.9 Å². The van der Waals surface area contributed by atoms with E-state index in [2.05, 4.69) is 20.9 Å². The van der Waals surface area contributed by atoms with E-state index in [-0.39, 0.29) is 0 Å². The molecule has 1 aromatic heterocycles. The number of rotatable bonds is 2. The predicted molar refractivity (Wildman–Crippen MR) is 51.4 cm³/mol. The molecule has 0 spiro atoms. The Morgan fingerprint density at radius 2 is 2.17 bits per heavy atom. The maximum absolute atomic E-state index is 10.6. The first-order chi connectivity index (χ1) is 5.66. The minimum Gasteiger partial charge on any atom is -0.298 e. The van der Waals surface area contributed by atoms with Crippen LogP contribution in [0.2, 0.25) is 0 Å². The Kier molecular flexibility index (Phi) is 2.98. The Morgan fingerprint density at radius 1 is 1.50 bits per heavy atom. The van der Waals surface area contributed by atoms with Crippen LogP contribution in [0.15, 0.2) is 16.9 Å². The van der Waals surface area contributed by atoms with E-state index in [0.29, 0.717) is 11.5 Å². The number of aldehydes is 1. The number of carbonyl (C=O) groups excluding carboxylic acids is 1. The van der Waals surface area contributed by atoms with Crippen LogP contribution in [0, 0.1) is 0 Å². The molecule has 0 unspecified atom stereocenters. The molecule has 0 aliphatic carbocycles. The van der Waals surface area contributed by atoms with Gasteiger partial charge in [-0.15, -0.1) is 0 Å². The van der Waals surface area contributed by atoms with E-state index in [4.69, 9.17) is 0 Å². The number of aromatic nitrogens is 1. The molecule has 3 heteroatoms. The lowest BCUT2D eigenvalue weighted by Crippen LogP contribution is -1.97. The highest BCUT2D eigenvalue weighted by Crippen LogP contribution is 2.25. The van der Waals surface area contributed by atoms with Crippen molar-refractivity contribution in [2.45, 2.75) is 19.8 Å². The highest BCUT2D eigenvalue weighted by atomic mass is 79.9. The molecule has 0 bridgehead atoms. The highest BCUT2D eigenvalue weighted by Gasteiger charge is 2.09. The number of carbonyl (C=O) groups is 1. The van der Waals surface area contributed by atoms with E-state index in [0.717, 1.165) is 16.3 Å². The summed E-state index contributed by atoms with van der Waals surface area (Å²) in [5.41, 5.74) is 1.69. The van der Waals surface area contributed by atoms with Gasteiger partial charge in [0, 0.05) is 22.4 Å². The molecule has 1 heterocycles. The zero-order valence-electron chi connectivity index (χ0n) is 7.04. The molecule has 0 atom stereocenters. The lowest BCUT2D eigenvalue weighted by atomic mass is 10.0. The van der Waals surface area contributed by atoms with Gasteiger partial charge in [0.1, 0.15) is 0 Å². The van der Waals surface area contributed by atoms with Gasteiger partial charge in [0.25, 0.3) is 0 Å². The molecule has 1 aromatic rings. The second-order valence-electron chi connectivity index (χ2n) is 2.90. The number of hydrogen-bond acceptors (Lipinski definition) is 2. The molecule has 0 fully saturated rings. The Morgan fingerprint density at radius 3 is 2.58 bits per heavy atom. The summed E-state index contributed by atoms with van der Waals surface area (Å²) in [6, 6.07) is 0. The van der Waals surface area contributed by atoms with Crippen LogP contribution in [0.5, 0.6) is 0 Å². The van der Waals surface area contributed by atoms with Gasteiger partial charge in [-0.2, -0.15) is 0 Å². The molecule has 0 radical (unpaired) electrons. The summed E-state index contributed by atoms with van der Waals surface area (Å²) in [5.74, 6) is 0.336. The Balaban J connectivity index is 3.29. The van der Waals surface area contributed by atoms with Crippen LogP contribution in [0.4, 0.5) is 0 Å². The molecule has 0 amide bonds. The molecule has 0 aliphatic rings. The fourth-order valence-electron chi connectivity index (χ4n) is 1.16. The standard InChI is InChI=1S/C9H10BrNO/c1-6(2)9-7(5-12)3-11-4-8(9)10/h3-6H,1-2H3. The van der Waals surface area contributed by atoms with E-state index in [1.165, 1.54) is 0 Å². The number of halogens is 1. The highest BCUT2D eigenvalue weighted by molar-refractivity contribution is 9.10. The molecule has 0 aromatic carbocycles. The molecule has 0 saturated carbocycles. The lowest BCUT2D eigenvalue weighted by Gasteiger charge is -2.09. The monoisotopic (exact) mass is 227 g/mol. The normalized spacial score (nSPS) is 10.3. The summed E-state index contributed by atoms with van der Waals surface area (Å²) in [5, 5.41) is 0. The molecular weight excluding hydrogens is 218 g/mol. The summed E-state index contributed by atoms with van der Waals surface area (Å²) in [6.07, 6.45) is 4.14. The summed E-state index contributed by atoms with van der Waals surface area (Å²) in [6.45, 7) is 4.10. The van der Waals surface area contributed by atoms with E-state index in [9.17, 15) is 4.79 Å². The minimum atomic E-state index is 0.336. The van der Waals surface area contributed by atoms with Crippen LogP contribution in [0.1, 0.15) is 35.7 Å². The average molecular weight is 228 g/mol. The Labute approximate surface area is 80.1 Å². The molecule has 1 rings (SSSR count). The van der Waals surface area contributed by atoms with Crippen molar-refractivity contribution in [1.29, 1.82) is 0 Å². The summed E-state index contributed by atoms with van der Waals surface area (Å²) < 4.78 is 0.905. The zero-order chi connectivity index (χ0) is 9.14. The quantitative estimate of drug-likeness (QED) is 0.728. The van der Waals surface area contributed by atoms with Crippen molar-refractivity contribution in [2.75, 3.05) is 0 Å². The summed E-state index contributed by atoms with van der Waals surface area (Å²) in [7, 11) is 0. The van der Waals surface area contributed by atoms with Crippen LogP contribution in [-0.2, 0) is 0 Å². The maximum atomic E-state index is 10.6. The van der Waals surface area contributed by atoms with Crippen molar-refractivity contribution >= 4 is 22.2 Å². The summed E-state index contributed by atoms with van der Waals surface area (Å²) >= 11 is 3.37. The van der Waals surface area contributed by atoms with Crippen LogP contribution in [-0.4, -0.2) is 11.3 Å². The van der Waals surface area contributed by atoms with Crippen molar-refractivity contribution in [2.24, 2.45) is 0 Å². The minimum absolute atomic E-state index is 0.336. The Hall–Kier alpha value is -0.700. The van der Waals surface area contributed by atoms with E-state index in [1.54, 1.807) is 12.4 Å². The largest absolute Gasteiger partial charge is 0.298 e. The van der Waals surface area contributed by atoms with Gasteiger partial charge >= 0.3 is 0 Å². The zero-order valence-corrected chi connectivity index (χ0v) is 8.63. The molecule has 12 heavy (non-hydrogen) atoms. The second-order valence-corrected chi connectivity index (χ2v) is 3.75. The molecule has 0 saturated heterocycles. The van der Waals surface area contributed by atoms with Gasteiger partial charge in [-0.25, -0.2) is 0 Å². The third kappa shape index (κ3) is 1.72. The van der Waals surface area contributed by atoms with E-state index >= 15 is 0 Å². The van der Waals surface area contributed by atoms with E-state index in [1.807, 2.05) is 13.8 Å². The van der Waals surface area contributed by atoms with Crippen molar-refractivity contribution in [3.63, 3.8) is 0 Å². The van der Waals surface area contributed by atoms with Gasteiger partial charge < -0.3 is 0 Å². The van der Waals surface area contributed by atoms with Gasteiger partial charge in [0.2, 0.25) is 0 Å². The van der Waals surface area contributed by atoms with Crippen LogP contribution in [0.25, 0.3) is 0 Å². The Bertz CT molecular complexity index is 297. The first kappa shape index (κ1) is 9.39. The third-order valence-corrected chi connectivity index (χ3v) is 2.31. The topological polar surface area (TPSA) is 30.0 Å². The predicted octanol–water partition coefficient (Wildman–Crippen LogP) is 2.78. The smallest absolute Gasteiger partial charge is 0.151 e. The first-order valence-corrected chi connectivity index (χ1v) is 4.54. The molecule has 2 nitrogen and oxygen atoms in total. The number of pyridine rings is 1. The van der Waals surface area contributed by atoms with Gasteiger partial charge in [-0.05, 0) is 27.4 Å². The van der Waals surface area contributed by atoms with Gasteiger partial charge in [0.15, 0.2) is 6.29 Å². The fourth-order valence-corrected chi connectivity index (χ4v) is 1.97. The van der Waals surface area contributed by atoms with E-state index < -0.39 is 0 Å². The molecule has 0 N–H and O–H groups in total. The first-order valence-electron chi connectivity index (χ1n) is 3.75. The number of hydrogen-bond donors (Lipinski definition) is 0. The van der Waals surface area contributed by atoms with Gasteiger partial charge in [-0.1, -0.05) is 13.8 Å². The third-order valence-electron chi connectivity index (χ3n) is 1.67. The van der Waals surface area contributed by atoms with Crippen molar-refractivity contribution < 1.29 is 4.79 Å². The van der Waals surface area contributed by atoms with Gasteiger partial charge in [-0.3, -0.25) is 9.78 Å². The molecule has 64 valence electrons. The van der Waals surface area contributed by atoms with Gasteiger partial charge in [0.05, 0.1) is 0 Å². The van der Waals surface area contributed by atoms with Crippen molar-refractivity contribution in [3.05, 3.63) is 28.0 Å². The SMILES string of the molecule is CC(C)c1c(Br)cncc1C=O. The lowest BCUT2D eigenvalue weighted by molar-refractivity contribution is 0.112.